The molecule has 2 fully saturated rings. The highest BCUT2D eigenvalue weighted by Crippen LogP contribution is 2.42. The van der Waals surface area contributed by atoms with Crippen molar-refractivity contribution >= 4 is 28.6 Å². The van der Waals surface area contributed by atoms with E-state index >= 15 is 0 Å². The zero-order valence-electron chi connectivity index (χ0n) is 17.2. The molecule has 0 radical (unpaired) electrons. The molecule has 3 heterocycles. The number of hydrogen-bond donors (Lipinski definition) is 2. The highest BCUT2D eigenvalue weighted by molar-refractivity contribution is 6.06. The van der Waals surface area contributed by atoms with Crippen molar-refractivity contribution < 1.29 is 23.9 Å². The molecule has 1 spiro atoms. The van der Waals surface area contributed by atoms with Crippen molar-refractivity contribution in [2.75, 3.05) is 40.4 Å². The van der Waals surface area contributed by atoms with E-state index in [0.29, 0.717) is 35.6 Å². The molecular weight excluding hydrogens is 388 g/mol. The average molecular weight is 414 g/mol. The molecule has 4 rings (SSSR count). The van der Waals surface area contributed by atoms with Crippen LogP contribution in [0.3, 0.4) is 0 Å². The van der Waals surface area contributed by atoms with Crippen molar-refractivity contribution in [2.24, 2.45) is 11.1 Å². The number of likely N-dealkylation sites (tertiary alicyclic amines) is 2. The third kappa shape index (κ3) is 3.49. The molecule has 0 saturated carbocycles. The van der Waals surface area contributed by atoms with Gasteiger partial charge in [0.25, 0.3) is 5.91 Å². The Hall–Kier alpha value is -3.07. The number of nitrogens with zero attached hydrogens (tertiary/aromatic N) is 2. The lowest BCUT2D eigenvalue weighted by Crippen LogP contribution is -2.44. The van der Waals surface area contributed by atoms with Crippen LogP contribution in [-0.4, -0.2) is 72.9 Å². The fourth-order valence-corrected chi connectivity index (χ4v) is 4.32. The minimum Gasteiger partial charge on any atom is -0.493 e. The third-order valence-corrected chi connectivity index (χ3v) is 6.18. The molecule has 3 N–H and O–H groups in total. The summed E-state index contributed by atoms with van der Waals surface area (Å²) in [6.07, 6.45) is 1.71. The first kappa shape index (κ1) is 20.2. The predicted octanol–water partition coefficient (Wildman–Crippen LogP) is 1.13. The highest BCUT2D eigenvalue weighted by atomic mass is 16.5. The lowest BCUT2D eigenvalue weighted by atomic mass is 9.77. The fourth-order valence-electron chi connectivity index (χ4n) is 4.32. The largest absolute Gasteiger partial charge is 0.493 e. The standard InChI is InChI=1S/C21H26N4O5/c1-24-5-3-21(4-6-24)12-18(26)25(20(21)28)7-8-30-17-10-13-9-15(19(22)27)23-14(13)11-16(17)29-2/h9-11,23H,3-8,12H2,1-2H3,(H2,22,27). The summed E-state index contributed by atoms with van der Waals surface area (Å²) in [5.41, 5.74) is 5.77. The molecule has 0 bridgehead atoms. The van der Waals surface area contributed by atoms with Crippen molar-refractivity contribution in [3.8, 4) is 11.5 Å². The molecular formula is C21H26N4O5. The average Bonchev–Trinajstić information content (AvgIpc) is 3.24. The van der Waals surface area contributed by atoms with E-state index in [0.717, 1.165) is 18.5 Å². The molecule has 30 heavy (non-hydrogen) atoms. The molecule has 3 amide bonds. The molecule has 2 aliphatic rings. The van der Waals surface area contributed by atoms with Crippen molar-refractivity contribution in [1.82, 2.24) is 14.8 Å². The van der Waals surface area contributed by atoms with Gasteiger partial charge in [-0.05, 0) is 45.1 Å². The van der Waals surface area contributed by atoms with Gasteiger partial charge in [-0.1, -0.05) is 0 Å². The number of piperidine rings is 1. The molecule has 2 aromatic rings. The second kappa shape index (κ2) is 7.64. The van der Waals surface area contributed by atoms with E-state index in [1.807, 2.05) is 7.05 Å². The Morgan fingerprint density at radius 1 is 1.20 bits per heavy atom. The first-order chi connectivity index (χ1) is 14.3. The van der Waals surface area contributed by atoms with E-state index < -0.39 is 11.3 Å². The zero-order chi connectivity index (χ0) is 21.5. The number of hydrogen-bond acceptors (Lipinski definition) is 6. The van der Waals surface area contributed by atoms with Gasteiger partial charge in [0, 0.05) is 23.4 Å². The van der Waals surface area contributed by atoms with Gasteiger partial charge >= 0.3 is 0 Å². The summed E-state index contributed by atoms with van der Waals surface area (Å²) in [7, 11) is 3.55. The SMILES string of the molecule is COc1cc2[nH]c(C(N)=O)cc2cc1OCCN1C(=O)CC2(CCN(C)CC2)C1=O. The number of fused-ring (bicyclic) bond motifs is 1. The van der Waals surface area contributed by atoms with E-state index in [2.05, 4.69) is 9.88 Å². The number of benzene rings is 1. The molecule has 2 saturated heterocycles. The number of H-pyrrole nitrogens is 1. The van der Waals surface area contributed by atoms with Crippen LogP contribution in [0.2, 0.25) is 0 Å². The van der Waals surface area contributed by atoms with E-state index in [9.17, 15) is 14.4 Å². The van der Waals surface area contributed by atoms with Gasteiger partial charge in [0.05, 0.1) is 19.1 Å². The monoisotopic (exact) mass is 414 g/mol. The molecule has 1 aromatic heterocycles. The van der Waals surface area contributed by atoms with Crippen molar-refractivity contribution in [1.29, 1.82) is 0 Å². The normalized spacial score (nSPS) is 19.1. The summed E-state index contributed by atoms with van der Waals surface area (Å²) in [5.74, 6) is 0.177. The smallest absolute Gasteiger partial charge is 0.265 e. The van der Waals surface area contributed by atoms with E-state index in [1.54, 1.807) is 18.2 Å². The number of carbonyl (C=O) groups excluding carboxylic acids is 3. The van der Waals surface area contributed by atoms with Crippen LogP contribution in [0.1, 0.15) is 29.8 Å². The Kier molecular flexibility index (Phi) is 5.15. The number of nitrogens with one attached hydrogen (secondary N) is 1. The maximum absolute atomic E-state index is 13.0. The van der Waals surface area contributed by atoms with Crippen molar-refractivity contribution in [3.63, 3.8) is 0 Å². The van der Waals surface area contributed by atoms with E-state index in [1.165, 1.54) is 12.0 Å². The zero-order valence-corrected chi connectivity index (χ0v) is 17.2. The fraction of sp³-hybridized carbons (Fsp3) is 0.476. The highest BCUT2D eigenvalue weighted by Gasteiger charge is 2.51. The number of amides is 3. The quantitative estimate of drug-likeness (QED) is 0.684. The van der Waals surface area contributed by atoms with Crippen molar-refractivity contribution in [3.05, 3.63) is 23.9 Å². The number of aromatic nitrogens is 1. The Bertz CT molecular complexity index is 1010. The maximum atomic E-state index is 13.0. The van der Waals surface area contributed by atoms with Gasteiger partial charge in [-0.25, -0.2) is 0 Å². The number of imide groups is 1. The number of rotatable bonds is 6. The summed E-state index contributed by atoms with van der Waals surface area (Å²) in [6, 6.07) is 5.10. The van der Waals surface area contributed by atoms with Crippen LogP contribution in [0.25, 0.3) is 10.9 Å². The molecule has 160 valence electrons. The van der Waals surface area contributed by atoms with Gasteiger partial charge < -0.3 is 25.1 Å². The minimum atomic E-state index is -0.554. The summed E-state index contributed by atoms with van der Waals surface area (Å²) in [6.45, 7) is 1.99. The van der Waals surface area contributed by atoms with Crippen molar-refractivity contribution in [2.45, 2.75) is 19.3 Å². The van der Waals surface area contributed by atoms with Crippen LogP contribution in [-0.2, 0) is 9.59 Å². The van der Waals surface area contributed by atoms with Crippen LogP contribution in [0.15, 0.2) is 18.2 Å². The lowest BCUT2D eigenvalue weighted by molar-refractivity contribution is -0.142. The van der Waals surface area contributed by atoms with Gasteiger partial charge in [0.15, 0.2) is 11.5 Å². The van der Waals surface area contributed by atoms with Gasteiger partial charge in [-0.15, -0.1) is 0 Å². The molecule has 1 aromatic carbocycles. The second-order valence-electron chi connectivity index (χ2n) is 8.10. The van der Waals surface area contributed by atoms with Crippen LogP contribution < -0.4 is 15.2 Å². The summed E-state index contributed by atoms with van der Waals surface area (Å²) >= 11 is 0. The Morgan fingerprint density at radius 2 is 1.93 bits per heavy atom. The predicted molar refractivity (Wildman–Crippen MR) is 109 cm³/mol. The summed E-state index contributed by atoms with van der Waals surface area (Å²) in [4.78, 5) is 43.3. The number of aromatic amines is 1. The van der Waals surface area contributed by atoms with Crippen LogP contribution >= 0.6 is 0 Å². The van der Waals surface area contributed by atoms with Crippen LogP contribution in [0.5, 0.6) is 11.5 Å². The number of methoxy groups -OCH3 is 1. The first-order valence-corrected chi connectivity index (χ1v) is 10.00. The van der Waals surface area contributed by atoms with Gasteiger partial charge in [-0.3, -0.25) is 19.3 Å². The summed E-state index contributed by atoms with van der Waals surface area (Å²) < 4.78 is 11.2. The molecule has 0 aliphatic carbocycles. The van der Waals surface area contributed by atoms with Gasteiger partial charge in [0.1, 0.15) is 12.3 Å². The number of ether oxygens (including phenoxy) is 2. The van der Waals surface area contributed by atoms with Gasteiger partial charge in [-0.2, -0.15) is 0 Å². The maximum Gasteiger partial charge on any atom is 0.265 e. The lowest BCUT2D eigenvalue weighted by Gasteiger charge is -2.35. The summed E-state index contributed by atoms with van der Waals surface area (Å²) in [5, 5.41) is 0.748. The van der Waals surface area contributed by atoms with Gasteiger partial charge in [0.2, 0.25) is 11.8 Å². The second-order valence-corrected chi connectivity index (χ2v) is 8.10. The Morgan fingerprint density at radius 3 is 2.60 bits per heavy atom. The number of nitrogens with two attached hydrogens (primary N) is 1. The third-order valence-electron chi connectivity index (χ3n) is 6.18. The molecule has 2 aliphatic heterocycles. The molecule has 0 atom stereocenters. The van der Waals surface area contributed by atoms with E-state index in [4.69, 9.17) is 15.2 Å². The minimum absolute atomic E-state index is 0.0802. The molecule has 9 nitrogen and oxygen atoms in total. The number of carbonyl (C=O) groups is 3. The van der Waals surface area contributed by atoms with Crippen LogP contribution in [0, 0.1) is 5.41 Å². The Labute approximate surface area is 174 Å². The number of primary amides is 1. The van der Waals surface area contributed by atoms with E-state index in [-0.39, 0.29) is 31.4 Å². The topological polar surface area (TPSA) is 118 Å². The molecule has 9 heteroatoms. The molecule has 0 unspecified atom stereocenters. The van der Waals surface area contributed by atoms with Crippen LogP contribution in [0.4, 0.5) is 0 Å². The Balaban J connectivity index is 1.45. The first-order valence-electron chi connectivity index (χ1n) is 10.00.